The number of piperazine rings is 1. The van der Waals surface area contributed by atoms with Crippen LogP contribution in [-0.4, -0.2) is 87.8 Å². The third-order valence-corrected chi connectivity index (χ3v) is 9.47. The molecular formula is C25H40N4O3S. The summed E-state index contributed by atoms with van der Waals surface area (Å²) in [5.74, 6) is -0.00181. The molecule has 0 spiro atoms. The third kappa shape index (κ3) is 6.35. The Morgan fingerprint density at radius 3 is 2.39 bits per heavy atom. The van der Waals surface area contributed by atoms with E-state index in [4.69, 9.17) is 0 Å². The van der Waals surface area contributed by atoms with Gasteiger partial charge >= 0.3 is 0 Å². The Labute approximate surface area is 199 Å². The molecule has 2 fully saturated rings. The van der Waals surface area contributed by atoms with E-state index in [2.05, 4.69) is 22.2 Å². The molecule has 0 saturated carbocycles. The number of carbonyl (C=O) groups is 1. The van der Waals surface area contributed by atoms with Gasteiger partial charge < -0.3 is 15.1 Å². The van der Waals surface area contributed by atoms with Gasteiger partial charge in [0.25, 0.3) is 0 Å². The number of hydrogen-bond donors (Lipinski definition) is 1. The second kappa shape index (κ2) is 11.3. The first-order valence-corrected chi connectivity index (χ1v) is 14.2. The second-order valence-electron chi connectivity index (χ2n) is 9.96. The number of carbonyl (C=O) groups excluding carboxylic acids is 1. The highest BCUT2D eigenvalue weighted by Gasteiger charge is 2.32. The van der Waals surface area contributed by atoms with E-state index in [0.717, 1.165) is 64.8 Å². The van der Waals surface area contributed by atoms with Crippen LogP contribution in [-0.2, 0) is 27.7 Å². The number of benzene rings is 1. The predicted octanol–water partition coefficient (Wildman–Crippen LogP) is 2.11. The minimum atomic E-state index is -3.49. The summed E-state index contributed by atoms with van der Waals surface area (Å²) in [4.78, 5) is 17.9. The monoisotopic (exact) mass is 476 g/mol. The quantitative estimate of drug-likeness (QED) is 0.582. The lowest BCUT2D eigenvalue weighted by atomic mass is 9.92. The van der Waals surface area contributed by atoms with Crippen molar-refractivity contribution in [1.29, 1.82) is 0 Å². The first-order chi connectivity index (χ1) is 15.9. The van der Waals surface area contributed by atoms with Gasteiger partial charge in [-0.2, -0.15) is 4.31 Å². The van der Waals surface area contributed by atoms with Crippen LogP contribution in [0.5, 0.6) is 0 Å². The van der Waals surface area contributed by atoms with Crippen LogP contribution in [0.2, 0.25) is 0 Å². The lowest BCUT2D eigenvalue weighted by Crippen LogP contribution is -2.45. The minimum absolute atomic E-state index is 0.0837. The van der Waals surface area contributed by atoms with Gasteiger partial charge in [-0.3, -0.25) is 4.79 Å². The molecule has 8 heteroatoms. The van der Waals surface area contributed by atoms with Crippen molar-refractivity contribution in [3.8, 4) is 0 Å². The Balaban J connectivity index is 1.18. The number of rotatable bonds is 8. The standard InChI is InChI=1S/C25H40N4O3S/c1-27-16-18-28(19-17-27)13-5-4-12-26-25(30)22-10-14-29(15-11-22)33(31,32)24-9-8-21-6-2-3-7-23(21)20-24/h8-9,20,22H,2-7,10-19H2,1H3,(H,26,30). The molecule has 1 aromatic rings. The molecule has 184 valence electrons. The molecule has 2 heterocycles. The molecule has 1 aliphatic carbocycles. The molecule has 0 atom stereocenters. The minimum Gasteiger partial charge on any atom is -0.356 e. The highest BCUT2D eigenvalue weighted by atomic mass is 32.2. The van der Waals surface area contributed by atoms with Gasteiger partial charge in [0.15, 0.2) is 0 Å². The highest BCUT2D eigenvalue weighted by molar-refractivity contribution is 7.89. The van der Waals surface area contributed by atoms with E-state index in [9.17, 15) is 13.2 Å². The highest BCUT2D eigenvalue weighted by Crippen LogP contribution is 2.28. The van der Waals surface area contributed by atoms with Crippen LogP contribution in [0.25, 0.3) is 0 Å². The van der Waals surface area contributed by atoms with Crippen LogP contribution < -0.4 is 5.32 Å². The fourth-order valence-electron chi connectivity index (χ4n) is 5.27. The van der Waals surface area contributed by atoms with Gasteiger partial charge in [-0.1, -0.05) is 6.07 Å². The summed E-state index contributed by atoms with van der Waals surface area (Å²) in [5.41, 5.74) is 2.48. The molecule has 7 nitrogen and oxygen atoms in total. The van der Waals surface area contributed by atoms with Gasteiger partial charge in [0.2, 0.25) is 15.9 Å². The Bertz CT molecular complexity index is 904. The summed E-state index contributed by atoms with van der Waals surface area (Å²) >= 11 is 0. The Hall–Kier alpha value is -1.48. The topological polar surface area (TPSA) is 73.0 Å². The van der Waals surface area contributed by atoms with Gasteiger partial charge in [0.1, 0.15) is 0 Å². The molecule has 2 aliphatic heterocycles. The molecule has 0 aromatic heterocycles. The molecule has 1 N–H and O–H groups in total. The largest absolute Gasteiger partial charge is 0.356 e. The fraction of sp³-hybridized carbons (Fsp3) is 0.720. The van der Waals surface area contributed by atoms with Gasteiger partial charge in [-0.15, -0.1) is 0 Å². The van der Waals surface area contributed by atoms with Crippen LogP contribution >= 0.6 is 0 Å². The number of amides is 1. The summed E-state index contributed by atoms with van der Waals surface area (Å²) < 4.78 is 27.9. The number of hydrogen-bond acceptors (Lipinski definition) is 5. The van der Waals surface area contributed by atoms with E-state index in [-0.39, 0.29) is 11.8 Å². The summed E-state index contributed by atoms with van der Waals surface area (Å²) in [5, 5.41) is 3.08. The van der Waals surface area contributed by atoms with E-state index < -0.39 is 10.0 Å². The molecule has 2 saturated heterocycles. The van der Waals surface area contributed by atoms with Crippen LogP contribution in [0, 0.1) is 5.92 Å². The number of nitrogens with zero attached hydrogens (tertiary/aromatic N) is 3. The van der Waals surface area contributed by atoms with E-state index >= 15 is 0 Å². The number of fused-ring (bicyclic) bond motifs is 1. The van der Waals surface area contributed by atoms with Gasteiger partial charge in [0, 0.05) is 51.7 Å². The Morgan fingerprint density at radius 2 is 1.67 bits per heavy atom. The number of nitrogens with one attached hydrogen (secondary N) is 1. The number of piperidine rings is 1. The first kappa shape index (κ1) is 24.6. The van der Waals surface area contributed by atoms with E-state index in [0.29, 0.717) is 37.4 Å². The summed E-state index contributed by atoms with van der Waals surface area (Å²) in [6.07, 6.45) is 7.61. The number of unbranched alkanes of at least 4 members (excludes halogenated alkanes) is 1. The third-order valence-electron chi connectivity index (χ3n) is 7.58. The second-order valence-corrected chi connectivity index (χ2v) is 11.9. The van der Waals surface area contributed by atoms with Gasteiger partial charge in [-0.05, 0) is 88.2 Å². The van der Waals surface area contributed by atoms with Crippen molar-refractivity contribution in [3.63, 3.8) is 0 Å². The number of aryl methyl sites for hydroxylation is 2. The van der Waals surface area contributed by atoms with Crippen molar-refractivity contribution in [2.45, 2.75) is 56.3 Å². The lowest BCUT2D eigenvalue weighted by Gasteiger charge is -2.32. The SMILES string of the molecule is CN1CCN(CCCCNC(=O)C2CCN(S(=O)(=O)c3ccc4c(c3)CCCC4)CC2)CC1. The summed E-state index contributed by atoms with van der Waals surface area (Å²) in [6.45, 7) is 7.19. The zero-order valence-electron chi connectivity index (χ0n) is 20.1. The Kier molecular flexibility index (Phi) is 8.43. The van der Waals surface area contributed by atoms with Crippen molar-refractivity contribution >= 4 is 15.9 Å². The van der Waals surface area contributed by atoms with Crippen molar-refractivity contribution in [3.05, 3.63) is 29.3 Å². The molecule has 33 heavy (non-hydrogen) atoms. The lowest BCUT2D eigenvalue weighted by molar-refractivity contribution is -0.126. The first-order valence-electron chi connectivity index (χ1n) is 12.7. The molecule has 0 bridgehead atoms. The average molecular weight is 477 g/mol. The molecule has 4 rings (SSSR count). The summed E-state index contributed by atoms with van der Waals surface area (Å²) in [6, 6.07) is 5.64. The van der Waals surface area contributed by atoms with Gasteiger partial charge in [-0.25, -0.2) is 8.42 Å². The van der Waals surface area contributed by atoms with Crippen LogP contribution in [0.3, 0.4) is 0 Å². The molecule has 0 radical (unpaired) electrons. The number of likely N-dealkylation sites (N-methyl/N-ethyl adjacent to an activating group) is 1. The van der Waals surface area contributed by atoms with Gasteiger partial charge in [0.05, 0.1) is 4.90 Å². The molecule has 1 aromatic carbocycles. The fourth-order valence-corrected chi connectivity index (χ4v) is 6.79. The van der Waals surface area contributed by atoms with Crippen molar-refractivity contribution in [1.82, 2.24) is 19.4 Å². The van der Waals surface area contributed by atoms with E-state index in [1.165, 1.54) is 17.5 Å². The molecule has 3 aliphatic rings. The predicted molar refractivity (Wildman–Crippen MR) is 131 cm³/mol. The van der Waals surface area contributed by atoms with Crippen LogP contribution in [0.15, 0.2) is 23.1 Å². The maximum absolute atomic E-state index is 13.2. The normalized spacial score (nSPS) is 21.6. The molecular weight excluding hydrogens is 436 g/mol. The zero-order chi connectivity index (χ0) is 23.3. The molecule has 1 amide bonds. The van der Waals surface area contributed by atoms with Crippen LogP contribution in [0.4, 0.5) is 0 Å². The van der Waals surface area contributed by atoms with Crippen LogP contribution in [0.1, 0.15) is 49.7 Å². The molecule has 0 unspecified atom stereocenters. The summed E-state index contributed by atoms with van der Waals surface area (Å²) in [7, 11) is -1.32. The smallest absolute Gasteiger partial charge is 0.243 e. The Morgan fingerprint density at radius 1 is 0.970 bits per heavy atom. The van der Waals surface area contributed by atoms with Crippen molar-refractivity contribution < 1.29 is 13.2 Å². The average Bonchev–Trinajstić information content (AvgIpc) is 2.84. The maximum Gasteiger partial charge on any atom is 0.243 e. The zero-order valence-corrected chi connectivity index (χ0v) is 20.9. The van der Waals surface area contributed by atoms with E-state index in [1.807, 2.05) is 12.1 Å². The van der Waals surface area contributed by atoms with Crippen molar-refractivity contribution in [2.75, 3.05) is 59.4 Å². The number of sulfonamides is 1. The maximum atomic E-state index is 13.2. The van der Waals surface area contributed by atoms with E-state index in [1.54, 1.807) is 10.4 Å². The van der Waals surface area contributed by atoms with Crippen molar-refractivity contribution in [2.24, 2.45) is 5.92 Å².